The molecular formula is C13H21NO8. The van der Waals surface area contributed by atoms with E-state index in [0.717, 1.165) is 12.0 Å². The predicted octanol–water partition coefficient (Wildman–Crippen LogP) is 0.248. The average Bonchev–Trinajstić information content (AvgIpc) is 2.48. The first-order chi connectivity index (χ1) is 10.5. The van der Waals surface area contributed by atoms with Gasteiger partial charge in [0.2, 0.25) is 0 Å². The number of ether oxygens (including phenoxy) is 4. The van der Waals surface area contributed by atoms with Gasteiger partial charge in [0.25, 0.3) is 0 Å². The number of aliphatic carboxylic acids is 1. The van der Waals surface area contributed by atoms with Crippen molar-refractivity contribution in [2.45, 2.75) is 12.5 Å². The van der Waals surface area contributed by atoms with Gasteiger partial charge in [-0.1, -0.05) is 12.7 Å². The first kappa shape index (κ1) is 19.9. The van der Waals surface area contributed by atoms with Gasteiger partial charge in [-0.15, -0.1) is 0 Å². The van der Waals surface area contributed by atoms with E-state index >= 15 is 0 Å². The summed E-state index contributed by atoms with van der Waals surface area (Å²) in [6, 6.07) is -0.913. The van der Waals surface area contributed by atoms with Crippen LogP contribution in [-0.4, -0.2) is 74.9 Å². The Balaban J connectivity index is 5.03. The van der Waals surface area contributed by atoms with Crippen molar-refractivity contribution in [1.29, 1.82) is 0 Å². The van der Waals surface area contributed by atoms with Gasteiger partial charge in [0.05, 0.1) is 26.2 Å². The lowest BCUT2D eigenvalue weighted by molar-refractivity contribution is -0.145. The second-order valence-electron chi connectivity index (χ2n) is 4.10. The lowest BCUT2D eigenvalue weighted by atomic mass is 10.2. The molecule has 0 aliphatic rings. The third-order valence-electron chi connectivity index (χ3n) is 2.45. The standard InChI is InChI=1S/C13H21NO8/c1-4-5-22-13(18)14(7-12(17)20-3)10(6-11(15)16)8-21-9-19-2/h4,10H,1,5-9H2,2-3H3,(H,15,16)/t10-/m0/s1. The first-order valence-corrected chi connectivity index (χ1v) is 6.35. The van der Waals surface area contributed by atoms with Gasteiger partial charge in [-0.25, -0.2) is 4.79 Å². The predicted molar refractivity (Wildman–Crippen MR) is 74.1 cm³/mol. The zero-order chi connectivity index (χ0) is 17.0. The van der Waals surface area contributed by atoms with Crippen LogP contribution < -0.4 is 0 Å². The molecule has 1 N–H and O–H groups in total. The summed E-state index contributed by atoms with van der Waals surface area (Å²) in [6.07, 6.45) is 0.0590. The number of hydrogen-bond acceptors (Lipinski definition) is 7. The summed E-state index contributed by atoms with van der Waals surface area (Å²) in [6.45, 7) is 2.65. The van der Waals surface area contributed by atoms with E-state index in [9.17, 15) is 14.4 Å². The lowest BCUT2D eigenvalue weighted by Gasteiger charge is -2.28. The van der Waals surface area contributed by atoms with Gasteiger partial charge in [0.1, 0.15) is 19.9 Å². The molecule has 126 valence electrons. The summed E-state index contributed by atoms with van der Waals surface area (Å²) in [5.74, 6) is -1.87. The molecule has 0 saturated carbocycles. The molecule has 0 aromatic heterocycles. The molecule has 0 aromatic rings. The van der Waals surface area contributed by atoms with E-state index in [0.29, 0.717) is 0 Å². The molecule has 9 heteroatoms. The molecule has 0 saturated heterocycles. The first-order valence-electron chi connectivity index (χ1n) is 6.35. The molecule has 0 aliphatic heterocycles. The van der Waals surface area contributed by atoms with Crippen molar-refractivity contribution in [2.75, 3.05) is 40.8 Å². The highest BCUT2D eigenvalue weighted by Crippen LogP contribution is 2.09. The summed E-state index contributed by atoms with van der Waals surface area (Å²) >= 11 is 0. The lowest BCUT2D eigenvalue weighted by Crippen LogP contribution is -2.47. The smallest absolute Gasteiger partial charge is 0.410 e. The normalized spacial score (nSPS) is 11.4. The van der Waals surface area contributed by atoms with Crippen LogP contribution in [-0.2, 0) is 28.5 Å². The maximum absolute atomic E-state index is 12.0. The summed E-state index contributed by atoms with van der Waals surface area (Å²) in [5, 5.41) is 8.94. The molecule has 9 nitrogen and oxygen atoms in total. The van der Waals surface area contributed by atoms with Crippen LogP contribution in [0.4, 0.5) is 4.79 Å². The van der Waals surface area contributed by atoms with Crippen LogP contribution in [0.1, 0.15) is 6.42 Å². The number of hydrogen-bond donors (Lipinski definition) is 1. The van der Waals surface area contributed by atoms with Gasteiger partial charge in [-0.2, -0.15) is 0 Å². The van der Waals surface area contributed by atoms with E-state index in [2.05, 4.69) is 11.3 Å². The van der Waals surface area contributed by atoms with Crippen LogP contribution in [0.3, 0.4) is 0 Å². The van der Waals surface area contributed by atoms with Crippen LogP contribution in [0.25, 0.3) is 0 Å². The minimum atomic E-state index is -1.16. The summed E-state index contributed by atoms with van der Waals surface area (Å²) in [4.78, 5) is 35.3. The molecule has 0 radical (unpaired) electrons. The van der Waals surface area contributed by atoms with E-state index in [-0.39, 0.29) is 20.0 Å². The number of nitrogens with zero attached hydrogens (tertiary/aromatic N) is 1. The molecule has 0 aromatic carbocycles. The van der Waals surface area contributed by atoms with Crippen LogP contribution in [0.2, 0.25) is 0 Å². The van der Waals surface area contributed by atoms with Crippen molar-refractivity contribution in [2.24, 2.45) is 0 Å². The second kappa shape index (κ2) is 11.5. The largest absolute Gasteiger partial charge is 0.481 e. The maximum atomic E-state index is 12.0. The average molecular weight is 319 g/mol. The zero-order valence-electron chi connectivity index (χ0n) is 12.6. The van der Waals surface area contributed by atoms with Crippen molar-refractivity contribution in [1.82, 2.24) is 4.90 Å². The molecular weight excluding hydrogens is 298 g/mol. The molecule has 0 fully saturated rings. The van der Waals surface area contributed by atoms with Gasteiger partial charge in [0.15, 0.2) is 0 Å². The van der Waals surface area contributed by atoms with Gasteiger partial charge in [-0.05, 0) is 0 Å². The Bertz CT molecular complexity index is 384. The number of carboxylic acid groups (broad SMARTS) is 1. The van der Waals surface area contributed by atoms with Gasteiger partial charge in [0, 0.05) is 7.11 Å². The molecule has 0 rings (SSSR count). The Labute approximate surface area is 128 Å². The second-order valence-corrected chi connectivity index (χ2v) is 4.10. The highest BCUT2D eigenvalue weighted by molar-refractivity contribution is 5.79. The molecule has 0 bridgehead atoms. The molecule has 1 amide bonds. The highest BCUT2D eigenvalue weighted by atomic mass is 16.7. The fourth-order valence-corrected chi connectivity index (χ4v) is 1.49. The molecule has 0 heterocycles. The van der Waals surface area contributed by atoms with Crippen molar-refractivity contribution in [3.8, 4) is 0 Å². The number of carbonyl (C=O) groups excluding carboxylic acids is 2. The van der Waals surface area contributed by atoms with Crippen molar-refractivity contribution in [3.63, 3.8) is 0 Å². The fraction of sp³-hybridized carbons (Fsp3) is 0.615. The van der Waals surface area contributed by atoms with E-state index < -0.39 is 37.0 Å². The fourth-order valence-electron chi connectivity index (χ4n) is 1.49. The Morgan fingerprint density at radius 2 is 2.00 bits per heavy atom. The number of esters is 1. The van der Waals surface area contributed by atoms with E-state index in [1.165, 1.54) is 13.2 Å². The van der Waals surface area contributed by atoms with Gasteiger partial charge >= 0.3 is 18.0 Å². The molecule has 22 heavy (non-hydrogen) atoms. The summed E-state index contributed by atoms with van der Waals surface area (Å²) in [5.41, 5.74) is 0. The summed E-state index contributed by atoms with van der Waals surface area (Å²) in [7, 11) is 2.56. The van der Waals surface area contributed by atoms with E-state index in [4.69, 9.17) is 19.3 Å². The third-order valence-corrected chi connectivity index (χ3v) is 2.45. The van der Waals surface area contributed by atoms with E-state index in [1.54, 1.807) is 0 Å². The van der Waals surface area contributed by atoms with E-state index in [1.807, 2.05) is 0 Å². The van der Waals surface area contributed by atoms with Gasteiger partial charge < -0.3 is 24.1 Å². The quantitative estimate of drug-likeness (QED) is 0.250. The Morgan fingerprint density at radius 1 is 1.32 bits per heavy atom. The van der Waals surface area contributed by atoms with Crippen LogP contribution >= 0.6 is 0 Å². The zero-order valence-corrected chi connectivity index (χ0v) is 12.6. The maximum Gasteiger partial charge on any atom is 0.410 e. The Hall–Kier alpha value is -2.13. The number of rotatable bonds is 11. The van der Waals surface area contributed by atoms with Crippen LogP contribution in [0.15, 0.2) is 12.7 Å². The topological polar surface area (TPSA) is 112 Å². The van der Waals surface area contributed by atoms with Crippen LogP contribution in [0, 0.1) is 0 Å². The molecule has 0 spiro atoms. The number of amides is 1. The number of carboxylic acids is 1. The molecule has 0 aliphatic carbocycles. The van der Waals surface area contributed by atoms with Crippen LogP contribution in [0.5, 0.6) is 0 Å². The van der Waals surface area contributed by atoms with Gasteiger partial charge in [-0.3, -0.25) is 14.5 Å². The monoisotopic (exact) mass is 319 g/mol. The third kappa shape index (κ3) is 8.22. The molecule has 0 unspecified atom stereocenters. The SMILES string of the molecule is C=CCOC(=O)N(CC(=O)OC)[C@H](COCOC)CC(=O)O. The van der Waals surface area contributed by atoms with Crippen molar-refractivity contribution < 1.29 is 38.4 Å². The minimum Gasteiger partial charge on any atom is -0.481 e. The Morgan fingerprint density at radius 3 is 2.50 bits per heavy atom. The Kier molecular flexibility index (Phi) is 10.4. The minimum absolute atomic E-state index is 0.0742. The highest BCUT2D eigenvalue weighted by Gasteiger charge is 2.29. The van der Waals surface area contributed by atoms with Crippen molar-refractivity contribution in [3.05, 3.63) is 12.7 Å². The molecule has 1 atom stereocenters. The van der Waals surface area contributed by atoms with Crippen molar-refractivity contribution >= 4 is 18.0 Å². The number of carbonyl (C=O) groups is 3. The summed E-state index contributed by atoms with van der Waals surface area (Å²) < 4.78 is 19.1. The number of methoxy groups -OCH3 is 2.